The van der Waals surface area contributed by atoms with Crippen LogP contribution in [0, 0.1) is 5.82 Å². The van der Waals surface area contributed by atoms with Crippen molar-refractivity contribution in [1.82, 2.24) is 5.32 Å². The van der Waals surface area contributed by atoms with Gasteiger partial charge in [-0.2, -0.15) is 0 Å². The third-order valence-corrected chi connectivity index (χ3v) is 4.10. The van der Waals surface area contributed by atoms with Crippen molar-refractivity contribution in [2.24, 2.45) is 0 Å². The van der Waals surface area contributed by atoms with E-state index in [-0.39, 0.29) is 5.82 Å². The fourth-order valence-corrected chi connectivity index (χ4v) is 3.24. The van der Waals surface area contributed by atoms with Crippen LogP contribution in [0.3, 0.4) is 0 Å². The summed E-state index contributed by atoms with van der Waals surface area (Å²) in [7, 11) is 0. The van der Waals surface area contributed by atoms with Gasteiger partial charge in [0.2, 0.25) is 0 Å². The number of ether oxygens (including phenoxy) is 1. The van der Waals surface area contributed by atoms with Crippen molar-refractivity contribution >= 4 is 28.0 Å². The fraction of sp³-hybridized carbons (Fsp3) is 0.500. The van der Waals surface area contributed by atoms with E-state index in [0.29, 0.717) is 28.4 Å². The highest BCUT2D eigenvalue weighted by Gasteiger charge is 2.37. The van der Waals surface area contributed by atoms with Gasteiger partial charge in [-0.25, -0.2) is 14.0 Å². The minimum atomic E-state index is -1.17. The summed E-state index contributed by atoms with van der Waals surface area (Å²) in [6.45, 7) is 5.08. The molecule has 1 amide bonds. The van der Waals surface area contributed by atoms with E-state index in [1.165, 1.54) is 6.07 Å². The largest absolute Gasteiger partial charge is 0.480 e. The van der Waals surface area contributed by atoms with Crippen molar-refractivity contribution in [2.75, 3.05) is 0 Å². The van der Waals surface area contributed by atoms with Crippen LogP contribution in [0.2, 0.25) is 0 Å². The second-order valence-electron chi connectivity index (χ2n) is 6.56. The molecule has 0 aliphatic heterocycles. The van der Waals surface area contributed by atoms with Gasteiger partial charge < -0.3 is 15.2 Å². The number of fused-ring (bicyclic) bond motifs is 1. The van der Waals surface area contributed by atoms with Crippen LogP contribution in [-0.4, -0.2) is 28.8 Å². The zero-order valence-corrected chi connectivity index (χ0v) is 14.7. The van der Waals surface area contributed by atoms with Crippen molar-refractivity contribution in [2.45, 2.75) is 51.2 Å². The molecule has 2 atom stereocenters. The van der Waals surface area contributed by atoms with E-state index in [9.17, 15) is 19.1 Å². The Labute approximate surface area is 142 Å². The standard InChI is InChI=1S/C16H19BrFNO4/c1-16(2,3)23-15(22)19-13(14(20)21)10-5-4-9-11(10)6-8(17)7-12(9)18/h6-7,10,13H,4-5H2,1-3H3,(H,19,22)(H,20,21)/t10-,13+/m1/s1. The van der Waals surface area contributed by atoms with Gasteiger partial charge >= 0.3 is 12.1 Å². The Bertz CT molecular complexity index is 642. The van der Waals surface area contributed by atoms with E-state index < -0.39 is 29.6 Å². The average molecular weight is 388 g/mol. The second kappa shape index (κ2) is 6.47. The summed E-state index contributed by atoms with van der Waals surface area (Å²) >= 11 is 3.22. The summed E-state index contributed by atoms with van der Waals surface area (Å²) in [6, 6.07) is 1.90. The van der Waals surface area contributed by atoms with Crippen LogP contribution < -0.4 is 5.32 Å². The number of nitrogens with one attached hydrogen (secondary N) is 1. The summed E-state index contributed by atoms with van der Waals surface area (Å²) in [5.74, 6) is -2.03. The first-order chi connectivity index (χ1) is 10.6. The molecular formula is C16H19BrFNO4. The number of halogens is 2. The zero-order valence-electron chi connectivity index (χ0n) is 13.2. The lowest BCUT2D eigenvalue weighted by atomic mass is 9.93. The van der Waals surface area contributed by atoms with Gasteiger partial charge in [-0.05, 0) is 56.9 Å². The number of benzene rings is 1. The predicted octanol–water partition coefficient (Wildman–Crippen LogP) is 3.60. The molecule has 0 fully saturated rings. The SMILES string of the molecule is CC(C)(C)OC(=O)N[C@H](C(=O)O)[C@@H]1CCc2c(F)cc(Br)cc21. The minimum absolute atomic E-state index is 0.363. The first kappa shape index (κ1) is 17.7. The topological polar surface area (TPSA) is 75.6 Å². The predicted molar refractivity (Wildman–Crippen MR) is 86.0 cm³/mol. The first-order valence-electron chi connectivity index (χ1n) is 7.28. The van der Waals surface area contributed by atoms with Crippen LogP contribution in [0.4, 0.5) is 9.18 Å². The van der Waals surface area contributed by atoms with E-state index in [2.05, 4.69) is 21.2 Å². The molecule has 1 aliphatic carbocycles. The first-order valence-corrected chi connectivity index (χ1v) is 8.08. The molecule has 0 radical (unpaired) electrons. The highest BCUT2D eigenvalue weighted by atomic mass is 79.9. The van der Waals surface area contributed by atoms with E-state index >= 15 is 0 Å². The summed E-state index contributed by atoms with van der Waals surface area (Å²) in [5.41, 5.74) is 0.395. The van der Waals surface area contributed by atoms with Crippen molar-refractivity contribution in [1.29, 1.82) is 0 Å². The van der Waals surface area contributed by atoms with Crippen molar-refractivity contribution < 1.29 is 23.8 Å². The lowest BCUT2D eigenvalue weighted by Crippen LogP contribution is -2.46. The van der Waals surface area contributed by atoms with Gasteiger partial charge in [-0.1, -0.05) is 15.9 Å². The summed E-state index contributed by atoms with van der Waals surface area (Å²) in [6.07, 6.45) is 0.0998. The van der Waals surface area contributed by atoms with Gasteiger partial charge in [-0.15, -0.1) is 0 Å². The number of carbonyl (C=O) groups is 2. The van der Waals surface area contributed by atoms with Crippen LogP contribution in [0.5, 0.6) is 0 Å². The highest BCUT2D eigenvalue weighted by Crippen LogP contribution is 2.38. The monoisotopic (exact) mass is 387 g/mol. The molecule has 5 nitrogen and oxygen atoms in total. The molecule has 126 valence electrons. The summed E-state index contributed by atoms with van der Waals surface area (Å²) in [4.78, 5) is 23.5. The van der Waals surface area contributed by atoms with Gasteiger partial charge in [-0.3, -0.25) is 0 Å². The quantitative estimate of drug-likeness (QED) is 0.830. The Balaban J connectivity index is 2.25. The molecule has 0 aromatic heterocycles. The molecule has 1 aromatic carbocycles. The molecule has 0 unspecified atom stereocenters. The maximum Gasteiger partial charge on any atom is 0.408 e. The van der Waals surface area contributed by atoms with Crippen LogP contribution in [0.15, 0.2) is 16.6 Å². The third-order valence-electron chi connectivity index (χ3n) is 3.64. The number of rotatable bonds is 3. The number of amides is 1. The normalized spacial score (nSPS) is 18.2. The number of carboxylic acid groups (broad SMARTS) is 1. The molecular weight excluding hydrogens is 369 g/mol. The molecule has 0 saturated heterocycles. The maximum absolute atomic E-state index is 14.0. The van der Waals surface area contributed by atoms with Crippen molar-refractivity contribution in [3.05, 3.63) is 33.5 Å². The number of carboxylic acids is 1. The molecule has 7 heteroatoms. The molecule has 0 spiro atoms. The summed E-state index contributed by atoms with van der Waals surface area (Å²) < 4.78 is 19.6. The third kappa shape index (κ3) is 4.22. The van der Waals surface area contributed by atoms with Crippen LogP contribution >= 0.6 is 15.9 Å². The van der Waals surface area contributed by atoms with E-state index in [1.54, 1.807) is 26.8 Å². The van der Waals surface area contributed by atoms with Crippen LogP contribution in [-0.2, 0) is 16.0 Å². The number of hydrogen-bond donors (Lipinski definition) is 2. The van der Waals surface area contributed by atoms with Gasteiger partial charge in [0.05, 0.1) is 0 Å². The fourth-order valence-electron chi connectivity index (χ4n) is 2.79. The molecule has 2 N–H and O–H groups in total. The van der Waals surface area contributed by atoms with Crippen molar-refractivity contribution in [3.63, 3.8) is 0 Å². The van der Waals surface area contributed by atoms with Crippen molar-refractivity contribution in [3.8, 4) is 0 Å². The average Bonchev–Trinajstić information content (AvgIpc) is 2.77. The minimum Gasteiger partial charge on any atom is -0.480 e. The molecule has 1 aliphatic rings. The molecule has 0 bridgehead atoms. The van der Waals surface area contributed by atoms with Crippen LogP contribution in [0.25, 0.3) is 0 Å². The molecule has 0 saturated carbocycles. The lowest BCUT2D eigenvalue weighted by molar-refractivity contribution is -0.140. The van der Waals surface area contributed by atoms with Gasteiger partial charge in [0.25, 0.3) is 0 Å². The van der Waals surface area contributed by atoms with Crippen LogP contribution in [0.1, 0.15) is 44.2 Å². The van der Waals surface area contributed by atoms with E-state index in [0.717, 1.165) is 0 Å². The van der Waals surface area contributed by atoms with E-state index in [1.807, 2.05) is 0 Å². The Kier molecular flexibility index (Phi) is 4.98. The smallest absolute Gasteiger partial charge is 0.408 e. The number of aliphatic carboxylic acids is 1. The van der Waals surface area contributed by atoms with E-state index in [4.69, 9.17) is 4.74 Å². The molecule has 2 rings (SSSR count). The Hall–Kier alpha value is -1.63. The lowest BCUT2D eigenvalue weighted by Gasteiger charge is -2.25. The molecule has 23 heavy (non-hydrogen) atoms. The van der Waals surface area contributed by atoms with Gasteiger partial charge in [0.1, 0.15) is 17.5 Å². The Morgan fingerprint density at radius 2 is 2.09 bits per heavy atom. The molecule has 1 aromatic rings. The second-order valence-corrected chi connectivity index (χ2v) is 7.48. The number of hydrogen-bond acceptors (Lipinski definition) is 3. The Morgan fingerprint density at radius 1 is 1.43 bits per heavy atom. The van der Waals surface area contributed by atoms with Gasteiger partial charge in [0.15, 0.2) is 0 Å². The Morgan fingerprint density at radius 3 is 2.65 bits per heavy atom. The summed E-state index contributed by atoms with van der Waals surface area (Å²) in [5, 5.41) is 11.9. The van der Waals surface area contributed by atoms with Gasteiger partial charge in [0, 0.05) is 10.4 Å². The zero-order chi connectivity index (χ0) is 17.4. The highest BCUT2D eigenvalue weighted by molar-refractivity contribution is 9.10. The maximum atomic E-state index is 14.0. The molecule has 0 heterocycles. The number of carbonyl (C=O) groups excluding carboxylic acids is 1. The number of alkyl carbamates (subject to hydrolysis) is 1.